The summed E-state index contributed by atoms with van der Waals surface area (Å²) in [4.78, 5) is 4.22. The Bertz CT molecular complexity index is 430. The van der Waals surface area contributed by atoms with Crippen LogP contribution < -0.4 is 0 Å². The van der Waals surface area contributed by atoms with Gasteiger partial charge in [0.2, 0.25) is 0 Å². The second-order valence-corrected chi connectivity index (χ2v) is 6.45. The number of rotatable bonds is 1. The minimum Gasteiger partial charge on any atom is -0.263 e. The Morgan fingerprint density at radius 3 is 2.21 bits per heavy atom. The van der Waals surface area contributed by atoms with Gasteiger partial charge in [0.15, 0.2) is 9.84 Å². The third-order valence-corrected chi connectivity index (χ3v) is 3.09. The molecule has 0 bridgehead atoms. The first kappa shape index (κ1) is 11.2. The van der Waals surface area contributed by atoms with E-state index in [1.54, 1.807) is 12.3 Å². The van der Waals surface area contributed by atoms with E-state index in [1.165, 1.54) is 12.5 Å². The maximum absolute atomic E-state index is 11.3. The summed E-state index contributed by atoms with van der Waals surface area (Å²) in [6.07, 6.45) is 4.27. The van der Waals surface area contributed by atoms with Crippen LogP contribution in [0.25, 0.3) is 0 Å². The lowest BCUT2D eigenvalue weighted by atomic mass is 9.88. The molecule has 4 heteroatoms. The third kappa shape index (κ3) is 2.54. The van der Waals surface area contributed by atoms with Crippen molar-refractivity contribution in [3.63, 3.8) is 0 Å². The standard InChI is InChI=1S/C10H15NO2S/c1-10(2,3)8-5-9(7-11-6-8)14(4,12)13/h5-7H,1-4H3. The van der Waals surface area contributed by atoms with Crippen molar-refractivity contribution in [2.24, 2.45) is 0 Å². The Balaban J connectivity index is 3.29. The van der Waals surface area contributed by atoms with Gasteiger partial charge in [0.1, 0.15) is 0 Å². The highest BCUT2D eigenvalue weighted by Gasteiger charge is 2.16. The summed E-state index contributed by atoms with van der Waals surface area (Å²) in [6, 6.07) is 1.68. The van der Waals surface area contributed by atoms with Crippen LogP contribution in [0.5, 0.6) is 0 Å². The summed E-state index contributed by atoms with van der Waals surface area (Å²) in [7, 11) is -3.15. The molecule has 0 amide bonds. The molecule has 1 heterocycles. The third-order valence-electron chi connectivity index (χ3n) is 2.01. The zero-order chi connectivity index (χ0) is 11.0. The molecule has 0 aliphatic heterocycles. The lowest BCUT2D eigenvalue weighted by Crippen LogP contribution is -2.12. The molecule has 0 N–H and O–H groups in total. The van der Waals surface area contributed by atoms with Gasteiger partial charge >= 0.3 is 0 Å². The van der Waals surface area contributed by atoms with Crippen molar-refractivity contribution < 1.29 is 8.42 Å². The zero-order valence-electron chi connectivity index (χ0n) is 8.90. The molecule has 0 fully saturated rings. The summed E-state index contributed by atoms with van der Waals surface area (Å²) in [5.74, 6) is 0. The van der Waals surface area contributed by atoms with E-state index in [0.717, 1.165) is 5.56 Å². The Hall–Kier alpha value is -0.900. The molecule has 0 aromatic carbocycles. The van der Waals surface area contributed by atoms with Crippen LogP contribution in [0.15, 0.2) is 23.4 Å². The molecule has 14 heavy (non-hydrogen) atoms. The van der Waals surface area contributed by atoms with Crippen LogP contribution in [-0.4, -0.2) is 19.7 Å². The molecule has 78 valence electrons. The second-order valence-electron chi connectivity index (χ2n) is 4.43. The van der Waals surface area contributed by atoms with Crippen LogP contribution in [0, 0.1) is 0 Å². The van der Waals surface area contributed by atoms with Crippen molar-refractivity contribution in [1.82, 2.24) is 4.98 Å². The Labute approximate surface area is 85.1 Å². The minimum absolute atomic E-state index is 0.0757. The van der Waals surface area contributed by atoms with Gasteiger partial charge in [-0.05, 0) is 17.0 Å². The van der Waals surface area contributed by atoms with Gasteiger partial charge in [-0.3, -0.25) is 4.98 Å². The molecule has 0 spiro atoms. The van der Waals surface area contributed by atoms with Gasteiger partial charge < -0.3 is 0 Å². The van der Waals surface area contributed by atoms with E-state index in [1.807, 2.05) is 20.8 Å². The van der Waals surface area contributed by atoms with Crippen molar-refractivity contribution in [3.05, 3.63) is 24.0 Å². The molecule has 3 nitrogen and oxygen atoms in total. The zero-order valence-corrected chi connectivity index (χ0v) is 9.72. The van der Waals surface area contributed by atoms with Crippen LogP contribution in [-0.2, 0) is 15.3 Å². The molecule has 1 aromatic rings. The van der Waals surface area contributed by atoms with E-state index < -0.39 is 9.84 Å². The number of aromatic nitrogens is 1. The highest BCUT2D eigenvalue weighted by molar-refractivity contribution is 7.90. The molecular formula is C10H15NO2S. The number of hydrogen-bond acceptors (Lipinski definition) is 3. The fraction of sp³-hybridized carbons (Fsp3) is 0.500. The predicted octanol–water partition coefficient (Wildman–Crippen LogP) is 1.78. The lowest BCUT2D eigenvalue weighted by molar-refractivity contribution is 0.581. The minimum atomic E-state index is -3.15. The van der Waals surface area contributed by atoms with E-state index in [4.69, 9.17) is 0 Å². The van der Waals surface area contributed by atoms with Gasteiger partial charge in [0.05, 0.1) is 4.90 Å². The topological polar surface area (TPSA) is 47.0 Å². The Morgan fingerprint density at radius 2 is 1.79 bits per heavy atom. The van der Waals surface area contributed by atoms with Gasteiger partial charge in [-0.1, -0.05) is 20.8 Å². The molecule has 0 saturated carbocycles. The van der Waals surface area contributed by atoms with E-state index >= 15 is 0 Å². The predicted molar refractivity (Wildman–Crippen MR) is 56.0 cm³/mol. The molecule has 0 radical (unpaired) electrons. The molecule has 1 aromatic heterocycles. The molecule has 0 atom stereocenters. The SMILES string of the molecule is CC(C)(C)c1cncc(S(C)(=O)=O)c1. The normalized spacial score (nSPS) is 12.9. The average Bonchev–Trinajstić information content (AvgIpc) is 2.01. The first-order valence-electron chi connectivity index (χ1n) is 4.37. The molecule has 0 saturated heterocycles. The summed E-state index contributed by atoms with van der Waals surface area (Å²) < 4.78 is 22.5. The van der Waals surface area contributed by atoms with Crippen LogP contribution in [0.4, 0.5) is 0 Å². The first-order chi connectivity index (χ1) is 6.21. The lowest BCUT2D eigenvalue weighted by Gasteiger charge is -2.18. The highest BCUT2D eigenvalue weighted by atomic mass is 32.2. The number of hydrogen-bond donors (Lipinski definition) is 0. The van der Waals surface area contributed by atoms with Gasteiger partial charge in [-0.25, -0.2) is 8.42 Å². The molecule has 0 aliphatic rings. The molecule has 0 unspecified atom stereocenters. The van der Waals surface area contributed by atoms with Crippen molar-refractivity contribution >= 4 is 9.84 Å². The van der Waals surface area contributed by atoms with E-state index in [-0.39, 0.29) is 10.3 Å². The second kappa shape index (κ2) is 3.35. The van der Waals surface area contributed by atoms with Gasteiger partial charge in [-0.2, -0.15) is 0 Å². The summed E-state index contributed by atoms with van der Waals surface area (Å²) >= 11 is 0. The van der Waals surface area contributed by atoms with E-state index in [2.05, 4.69) is 4.98 Å². The van der Waals surface area contributed by atoms with E-state index in [9.17, 15) is 8.42 Å². The first-order valence-corrected chi connectivity index (χ1v) is 6.26. The number of sulfone groups is 1. The van der Waals surface area contributed by atoms with Crippen molar-refractivity contribution in [3.8, 4) is 0 Å². The van der Waals surface area contributed by atoms with Gasteiger partial charge in [-0.15, -0.1) is 0 Å². The largest absolute Gasteiger partial charge is 0.263 e. The molecule has 0 aliphatic carbocycles. The van der Waals surface area contributed by atoms with Crippen molar-refractivity contribution in [1.29, 1.82) is 0 Å². The van der Waals surface area contributed by atoms with Crippen LogP contribution in [0.1, 0.15) is 26.3 Å². The van der Waals surface area contributed by atoms with Crippen LogP contribution in [0.3, 0.4) is 0 Å². The smallest absolute Gasteiger partial charge is 0.177 e. The fourth-order valence-electron chi connectivity index (χ4n) is 1.03. The fourth-order valence-corrected chi connectivity index (χ4v) is 1.63. The quantitative estimate of drug-likeness (QED) is 0.714. The summed E-state index contributed by atoms with van der Waals surface area (Å²) in [5, 5.41) is 0. The average molecular weight is 213 g/mol. The Morgan fingerprint density at radius 1 is 1.21 bits per heavy atom. The van der Waals surface area contributed by atoms with Gasteiger partial charge in [0.25, 0.3) is 0 Å². The molecular weight excluding hydrogens is 198 g/mol. The maximum atomic E-state index is 11.3. The van der Waals surface area contributed by atoms with E-state index in [0.29, 0.717) is 0 Å². The highest BCUT2D eigenvalue weighted by Crippen LogP contribution is 2.23. The maximum Gasteiger partial charge on any atom is 0.177 e. The number of pyridine rings is 1. The van der Waals surface area contributed by atoms with Crippen LogP contribution >= 0.6 is 0 Å². The van der Waals surface area contributed by atoms with Gasteiger partial charge in [0, 0.05) is 18.6 Å². The summed E-state index contributed by atoms with van der Waals surface area (Å²) in [6.45, 7) is 6.07. The van der Waals surface area contributed by atoms with Crippen LogP contribution in [0.2, 0.25) is 0 Å². The van der Waals surface area contributed by atoms with Crippen molar-refractivity contribution in [2.45, 2.75) is 31.1 Å². The molecule has 1 rings (SSSR count). The number of nitrogens with zero attached hydrogens (tertiary/aromatic N) is 1. The Kier molecular flexibility index (Phi) is 2.67. The monoisotopic (exact) mass is 213 g/mol. The van der Waals surface area contributed by atoms with Crippen molar-refractivity contribution in [2.75, 3.05) is 6.26 Å². The summed E-state index contributed by atoms with van der Waals surface area (Å²) in [5.41, 5.74) is 0.855.